The van der Waals surface area contributed by atoms with Crippen LogP contribution in [0.2, 0.25) is 0 Å². The molecular weight excluding hydrogens is 254 g/mol. The van der Waals surface area contributed by atoms with E-state index >= 15 is 0 Å². The van der Waals surface area contributed by atoms with Crippen LogP contribution >= 0.6 is 15.9 Å². The third-order valence-electron chi connectivity index (χ3n) is 2.70. The molecule has 1 fully saturated rings. The summed E-state index contributed by atoms with van der Waals surface area (Å²) >= 11 is 3.51. The summed E-state index contributed by atoms with van der Waals surface area (Å²) in [5, 5.41) is 3.42. The zero-order valence-electron chi connectivity index (χ0n) is 8.71. The molecule has 1 N–H and O–H groups in total. The van der Waals surface area contributed by atoms with E-state index in [4.69, 9.17) is 4.74 Å². The highest BCUT2D eigenvalue weighted by molar-refractivity contribution is 9.10. The van der Waals surface area contributed by atoms with Gasteiger partial charge in [0.15, 0.2) is 0 Å². The second-order valence-electron chi connectivity index (χ2n) is 3.90. The predicted molar refractivity (Wildman–Crippen MR) is 64.8 cm³/mol. The maximum Gasteiger partial charge on any atom is 0.0728 e. The van der Waals surface area contributed by atoms with Gasteiger partial charge in [-0.05, 0) is 31.0 Å². The van der Waals surface area contributed by atoms with E-state index in [1.807, 2.05) is 18.2 Å². The number of ether oxygens (including phenoxy) is 1. The van der Waals surface area contributed by atoms with Crippen LogP contribution < -0.4 is 5.32 Å². The van der Waals surface area contributed by atoms with Gasteiger partial charge in [-0.25, -0.2) is 0 Å². The van der Waals surface area contributed by atoms with Gasteiger partial charge in [-0.2, -0.15) is 0 Å². The summed E-state index contributed by atoms with van der Waals surface area (Å²) in [5.74, 6) is 0. The van der Waals surface area contributed by atoms with E-state index in [1.165, 1.54) is 18.4 Å². The molecule has 0 amide bonds. The van der Waals surface area contributed by atoms with E-state index in [0.29, 0.717) is 12.6 Å². The highest BCUT2D eigenvalue weighted by Gasteiger charge is 2.13. The van der Waals surface area contributed by atoms with Crippen LogP contribution in [-0.2, 0) is 11.3 Å². The summed E-state index contributed by atoms with van der Waals surface area (Å²) in [4.78, 5) is 0. The lowest BCUT2D eigenvalue weighted by Crippen LogP contribution is -2.26. The molecule has 15 heavy (non-hydrogen) atoms. The predicted octanol–water partition coefficient (Wildman–Crippen LogP) is 2.72. The Morgan fingerprint density at radius 2 is 2.27 bits per heavy atom. The zero-order valence-corrected chi connectivity index (χ0v) is 10.3. The van der Waals surface area contributed by atoms with Crippen LogP contribution in [0.15, 0.2) is 28.7 Å². The molecule has 0 spiro atoms. The van der Waals surface area contributed by atoms with Crippen LogP contribution in [-0.4, -0.2) is 19.2 Å². The third kappa shape index (κ3) is 3.30. The molecule has 0 aromatic heterocycles. The summed E-state index contributed by atoms with van der Waals surface area (Å²) in [5.41, 5.74) is 1.22. The molecule has 0 bridgehead atoms. The second kappa shape index (κ2) is 5.64. The van der Waals surface area contributed by atoms with E-state index < -0.39 is 0 Å². The van der Waals surface area contributed by atoms with Gasteiger partial charge >= 0.3 is 0 Å². The van der Waals surface area contributed by atoms with Crippen LogP contribution in [0.5, 0.6) is 0 Å². The quantitative estimate of drug-likeness (QED) is 0.908. The van der Waals surface area contributed by atoms with Gasteiger partial charge in [0.1, 0.15) is 0 Å². The summed E-state index contributed by atoms with van der Waals surface area (Å²) in [7, 11) is 0. The lowest BCUT2D eigenvalue weighted by Gasteiger charge is -2.11. The van der Waals surface area contributed by atoms with Gasteiger partial charge in [-0.15, -0.1) is 0 Å². The number of halogens is 1. The number of nitrogens with one attached hydrogen (secondary N) is 1. The summed E-state index contributed by atoms with van der Waals surface area (Å²) < 4.78 is 6.82. The maximum atomic E-state index is 5.69. The van der Waals surface area contributed by atoms with Crippen molar-refractivity contribution in [3.05, 3.63) is 34.3 Å². The van der Waals surface area contributed by atoms with Crippen molar-refractivity contribution in [2.75, 3.05) is 13.2 Å². The van der Waals surface area contributed by atoms with Crippen molar-refractivity contribution < 1.29 is 4.74 Å². The van der Waals surface area contributed by atoms with Gasteiger partial charge in [0.05, 0.1) is 13.2 Å². The van der Waals surface area contributed by atoms with Crippen LogP contribution in [0.3, 0.4) is 0 Å². The van der Waals surface area contributed by atoms with Crippen LogP contribution in [0.4, 0.5) is 0 Å². The lowest BCUT2D eigenvalue weighted by molar-refractivity contribution is 0.103. The van der Waals surface area contributed by atoms with Crippen molar-refractivity contribution in [1.82, 2.24) is 5.32 Å². The van der Waals surface area contributed by atoms with E-state index in [1.54, 1.807) is 0 Å². The maximum absolute atomic E-state index is 5.69. The smallest absolute Gasteiger partial charge is 0.0728 e. The minimum atomic E-state index is 0.562. The highest BCUT2D eigenvalue weighted by Crippen LogP contribution is 2.17. The van der Waals surface area contributed by atoms with Gasteiger partial charge in [0, 0.05) is 10.5 Å². The Balaban J connectivity index is 1.75. The first kappa shape index (κ1) is 11.1. The Kier molecular flexibility index (Phi) is 4.18. The van der Waals surface area contributed by atoms with E-state index in [0.717, 1.165) is 17.6 Å². The number of hydrogen-bond acceptors (Lipinski definition) is 2. The molecule has 0 saturated carbocycles. The topological polar surface area (TPSA) is 21.3 Å². The fourth-order valence-electron chi connectivity index (χ4n) is 1.83. The van der Waals surface area contributed by atoms with Crippen molar-refractivity contribution in [3.8, 4) is 0 Å². The monoisotopic (exact) mass is 269 g/mol. The minimum absolute atomic E-state index is 0.562. The van der Waals surface area contributed by atoms with Crippen LogP contribution in [0, 0.1) is 0 Å². The molecule has 1 aromatic carbocycles. The fraction of sp³-hybridized carbons (Fsp3) is 0.500. The van der Waals surface area contributed by atoms with Crippen molar-refractivity contribution in [3.63, 3.8) is 0 Å². The normalized spacial score (nSPS) is 20.7. The van der Waals surface area contributed by atoms with Gasteiger partial charge in [-0.1, -0.05) is 34.1 Å². The molecule has 2 rings (SSSR count). The minimum Gasteiger partial charge on any atom is -0.375 e. The number of rotatable bonds is 4. The van der Waals surface area contributed by atoms with E-state index in [9.17, 15) is 0 Å². The van der Waals surface area contributed by atoms with Crippen molar-refractivity contribution in [1.29, 1.82) is 0 Å². The van der Waals surface area contributed by atoms with E-state index in [-0.39, 0.29) is 0 Å². The largest absolute Gasteiger partial charge is 0.375 e. The first-order chi connectivity index (χ1) is 7.36. The average molecular weight is 270 g/mol. The molecule has 1 saturated heterocycles. The molecule has 82 valence electrons. The van der Waals surface area contributed by atoms with Crippen LogP contribution in [0.25, 0.3) is 0 Å². The molecule has 1 aromatic rings. The molecule has 0 unspecified atom stereocenters. The highest BCUT2D eigenvalue weighted by atomic mass is 79.9. The molecule has 0 radical (unpaired) electrons. The molecule has 1 aliphatic heterocycles. The first-order valence-corrected chi connectivity index (χ1v) is 6.20. The average Bonchev–Trinajstić information content (AvgIpc) is 2.74. The van der Waals surface area contributed by atoms with Crippen molar-refractivity contribution in [2.24, 2.45) is 0 Å². The number of benzene rings is 1. The Hall–Kier alpha value is -0.380. The molecule has 0 aliphatic carbocycles. The van der Waals surface area contributed by atoms with E-state index in [2.05, 4.69) is 27.3 Å². The van der Waals surface area contributed by atoms with Gasteiger partial charge in [0.25, 0.3) is 0 Å². The summed E-state index contributed by atoms with van der Waals surface area (Å²) in [6.45, 7) is 2.66. The van der Waals surface area contributed by atoms with Gasteiger partial charge in [0.2, 0.25) is 0 Å². The Bertz CT molecular complexity index is 310. The van der Waals surface area contributed by atoms with Gasteiger partial charge in [-0.3, -0.25) is 0 Å². The Morgan fingerprint density at radius 3 is 3.00 bits per heavy atom. The standard InChI is InChI=1S/C12H16BrNO/c13-12-6-2-1-4-10(12)8-15-9-11-5-3-7-14-11/h1-2,4,6,11,14H,3,5,7-9H2/t11-/m0/s1. The van der Waals surface area contributed by atoms with Crippen LogP contribution in [0.1, 0.15) is 18.4 Å². The number of hydrogen-bond donors (Lipinski definition) is 1. The third-order valence-corrected chi connectivity index (χ3v) is 3.47. The summed E-state index contributed by atoms with van der Waals surface area (Å²) in [6, 6.07) is 8.76. The SMILES string of the molecule is Brc1ccccc1COC[C@@H]1CCCN1. The lowest BCUT2D eigenvalue weighted by atomic mass is 10.2. The molecule has 1 heterocycles. The molecule has 1 atom stereocenters. The fourth-order valence-corrected chi connectivity index (χ4v) is 2.22. The Morgan fingerprint density at radius 1 is 1.40 bits per heavy atom. The second-order valence-corrected chi connectivity index (χ2v) is 4.75. The zero-order chi connectivity index (χ0) is 10.5. The molecular formula is C12H16BrNO. The molecule has 3 heteroatoms. The first-order valence-electron chi connectivity index (χ1n) is 5.41. The molecule has 1 aliphatic rings. The van der Waals surface area contributed by atoms with Crippen molar-refractivity contribution in [2.45, 2.75) is 25.5 Å². The summed E-state index contributed by atoms with van der Waals surface area (Å²) in [6.07, 6.45) is 2.53. The van der Waals surface area contributed by atoms with Crippen molar-refractivity contribution >= 4 is 15.9 Å². The Labute approximate surface area is 99.1 Å². The molecule has 2 nitrogen and oxygen atoms in total. The van der Waals surface area contributed by atoms with Gasteiger partial charge < -0.3 is 10.1 Å².